The number of aromatic nitrogens is 4. The first-order chi connectivity index (χ1) is 7.18. The van der Waals surface area contributed by atoms with Crippen molar-refractivity contribution in [3.05, 3.63) is 30.4 Å². The molecule has 0 amide bonds. The number of rotatable bonds is 2. The van der Waals surface area contributed by atoms with E-state index in [1.54, 1.807) is 17.9 Å². The Hall–Kier alpha value is -2.24. The van der Waals surface area contributed by atoms with Crippen LogP contribution in [0.15, 0.2) is 24.8 Å². The Morgan fingerprint density at radius 3 is 2.87 bits per heavy atom. The molecule has 2 aromatic rings. The van der Waals surface area contributed by atoms with E-state index in [-0.39, 0.29) is 5.56 Å². The molecule has 0 saturated heterocycles. The second-order valence-electron chi connectivity index (χ2n) is 2.97. The molecular weight excluding hydrogens is 196 g/mol. The quantitative estimate of drug-likeness (QED) is 0.773. The van der Waals surface area contributed by atoms with Gasteiger partial charge in [-0.15, -0.1) is 0 Å². The zero-order valence-corrected chi connectivity index (χ0v) is 7.95. The third-order valence-electron chi connectivity index (χ3n) is 1.95. The van der Waals surface area contributed by atoms with Gasteiger partial charge in [0, 0.05) is 25.0 Å². The summed E-state index contributed by atoms with van der Waals surface area (Å²) in [5, 5.41) is 12.7. The van der Waals surface area contributed by atoms with Crippen LogP contribution in [-0.4, -0.2) is 30.8 Å². The highest BCUT2D eigenvalue weighted by Crippen LogP contribution is 2.15. The zero-order chi connectivity index (χ0) is 10.8. The van der Waals surface area contributed by atoms with E-state index in [2.05, 4.69) is 15.1 Å². The highest BCUT2D eigenvalue weighted by Gasteiger charge is 2.08. The molecule has 1 N–H and O–H groups in total. The third kappa shape index (κ3) is 1.69. The minimum absolute atomic E-state index is 0.135. The standard InChI is InChI=1S/C9H8N4O2/c1-13-8(11-5-12-13)6-2-7(9(14)15)4-10-3-6/h2-5H,1H3,(H,14,15). The van der Waals surface area contributed by atoms with Gasteiger partial charge in [0.05, 0.1) is 5.56 Å². The van der Waals surface area contributed by atoms with Gasteiger partial charge in [-0.3, -0.25) is 4.98 Å². The maximum Gasteiger partial charge on any atom is 0.337 e. The lowest BCUT2D eigenvalue weighted by Gasteiger charge is -2.00. The molecule has 6 heteroatoms. The van der Waals surface area contributed by atoms with Crippen molar-refractivity contribution < 1.29 is 9.90 Å². The van der Waals surface area contributed by atoms with Crippen molar-refractivity contribution in [2.45, 2.75) is 0 Å². The molecule has 0 unspecified atom stereocenters. The number of hydrogen-bond donors (Lipinski definition) is 1. The number of carboxylic acid groups (broad SMARTS) is 1. The first-order valence-corrected chi connectivity index (χ1v) is 4.21. The van der Waals surface area contributed by atoms with Crippen molar-refractivity contribution in [1.29, 1.82) is 0 Å². The van der Waals surface area contributed by atoms with Gasteiger partial charge in [-0.05, 0) is 6.07 Å². The van der Waals surface area contributed by atoms with E-state index in [4.69, 9.17) is 5.11 Å². The molecule has 2 aromatic heterocycles. The predicted molar refractivity (Wildman–Crippen MR) is 51.2 cm³/mol. The average Bonchev–Trinajstić information content (AvgIpc) is 2.64. The Kier molecular flexibility index (Phi) is 2.17. The van der Waals surface area contributed by atoms with Crippen molar-refractivity contribution in [2.75, 3.05) is 0 Å². The molecule has 2 heterocycles. The average molecular weight is 204 g/mol. The number of carbonyl (C=O) groups is 1. The van der Waals surface area contributed by atoms with Crippen molar-refractivity contribution in [2.24, 2.45) is 7.05 Å². The van der Waals surface area contributed by atoms with Gasteiger partial charge in [0.1, 0.15) is 6.33 Å². The molecule has 0 saturated carbocycles. The van der Waals surface area contributed by atoms with Gasteiger partial charge in [0.2, 0.25) is 0 Å². The molecule has 0 aliphatic carbocycles. The van der Waals surface area contributed by atoms with E-state index in [1.807, 2.05) is 0 Å². The molecule has 0 aliphatic rings. The number of hydrogen-bond acceptors (Lipinski definition) is 4. The predicted octanol–water partition coefficient (Wildman–Crippen LogP) is 0.575. The number of nitrogens with zero attached hydrogens (tertiary/aromatic N) is 4. The van der Waals surface area contributed by atoms with E-state index in [0.717, 1.165) is 0 Å². The van der Waals surface area contributed by atoms with Gasteiger partial charge < -0.3 is 5.11 Å². The van der Waals surface area contributed by atoms with E-state index in [0.29, 0.717) is 11.4 Å². The second kappa shape index (κ2) is 3.49. The summed E-state index contributed by atoms with van der Waals surface area (Å²) in [4.78, 5) is 18.6. The Morgan fingerprint density at radius 1 is 1.47 bits per heavy atom. The molecule has 0 radical (unpaired) electrons. The van der Waals surface area contributed by atoms with Gasteiger partial charge >= 0.3 is 5.97 Å². The largest absolute Gasteiger partial charge is 0.478 e. The van der Waals surface area contributed by atoms with Crippen LogP contribution in [0.25, 0.3) is 11.4 Å². The topological polar surface area (TPSA) is 80.9 Å². The molecule has 2 rings (SSSR count). The van der Waals surface area contributed by atoms with Crippen LogP contribution >= 0.6 is 0 Å². The highest BCUT2D eigenvalue weighted by molar-refractivity contribution is 5.88. The van der Waals surface area contributed by atoms with Crippen molar-refractivity contribution in [3.8, 4) is 11.4 Å². The number of pyridine rings is 1. The van der Waals surface area contributed by atoms with Gasteiger partial charge in [0.25, 0.3) is 0 Å². The summed E-state index contributed by atoms with van der Waals surface area (Å²) in [5.41, 5.74) is 0.769. The number of aromatic carboxylic acids is 1. The lowest BCUT2D eigenvalue weighted by atomic mass is 10.2. The van der Waals surface area contributed by atoms with Gasteiger partial charge in [0.15, 0.2) is 5.82 Å². The summed E-state index contributed by atoms with van der Waals surface area (Å²) in [6.07, 6.45) is 4.25. The monoisotopic (exact) mass is 204 g/mol. The molecule has 15 heavy (non-hydrogen) atoms. The molecule has 0 bridgehead atoms. The first-order valence-electron chi connectivity index (χ1n) is 4.21. The number of carboxylic acids is 1. The van der Waals surface area contributed by atoms with E-state index in [1.165, 1.54) is 18.6 Å². The number of aryl methyl sites for hydroxylation is 1. The van der Waals surface area contributed by atoms with Crippen LogP contribution in [0, 0.1) is 0 Å². The fraction of sp³-hybridized carbons (Fsp3) is 0.111. The maximum absolute atomic E-state index is 10.7. The fourth-order valence-electron chi connectivity index (χ4n) is 1.24. The third-order valence-corrected chi connectivity index (χ3v) is 1.95. The summed E-state index contributed by atoms with van der Waals surface area (Å²) in [6.45, 7) is 0. The summed E-state index contributed by atoms with van der Waals surface area (Å²) < 4.78 is 1.56. The zero-order valence-electron chi connectivity index (χ0n) is 7.95. The summed E-state index contributed by atoms with van der Waals surface area (Å²) in [7, 11) is 1.73. The van der Waals surface area contributed by atoms with Crippen LogP contribution in [0.4, 0.5) is 0 Å². The minimum Gasteiger partial charge on any atom is -0.478 e. The van der Waals surface area contributed by atoms with Crippen molar-refractivity contribution in [1.82, 2.24) is 19.7 Å². The lowest BCUT2D eigenvalue weighted by molar-refractivity contribution is 0.0696. The van der Waals surface area contributed by atoms with Crippen molar-refractivity contribution in [3.63, 3.8) is 0 Å². The smallest absolute Gasteiger partial charge is 0.337 e. The Labute approximate surface area is 85.2 Å². The molecule has 6 nitrogen and oxygen atoms in total. The fourth-order valence-corrected chi connectivity index (χ4v) is 1.24. The maximum atomic E-state index is 10.7. The molecule has 0 atom stereocenters. The van der Waals surface area contributed by atoms with Crippen molar-refractivity contribution >= 4 is 5.97 Å². The lowest BCUT2D eigenvalue weighted by Crippen LogP contribution is -2.00. The van der Waals surface area contributed by atoms with E-state index in [9.17, 15) is 4.79 Å². The molecule has 0 aromatic carbocycles. The highest BCUT2D eigenvalue weighted by atomic mass is 16.4. The second-order valence-corrected chi connectivity index (χ2v) is 2.97. The first kappa shape index (κ1) is 9.32. The minimum atomic E-state index is -1.01. The van der Waals surface area contributed by atoms with E-state index < -0.39 is 5.97 Å². The molecule has 0 spiro atoms. The Morgan fingerprint density at radius 2 is 2.27 bits per heavy atom. The Balaban J connectivity index is 2.50. The van der Waals surface area contributed by atoms with Crippen LogP contribution in [0.3, 0.4) is 0 Å². The summed E-state index contributed by atoms with van der Waals surface area (Å²) in [5.74, 6) is -0.419. The van der Waals surface area contributed by atoms with Gasteiger partial charge in [-0.2, -0.15) is 5.10 Å². The molecule has 0 fully saturated rings. The SMILES string of the molecule is Cn1ncnc1-c1cncc(C(=O)O)c1. The van der Waals surface area contributed by atoms with Crippen LogP contribution < -0.4 is 0 Å². The van der Waals surface area contributed by atoms with Crippen LogP contribution in [0.1, 0.15) is 10.4 Å². The van der Waals surface area contributed by atoms with Crippen LogP contribution in [0.2, 0.25) is 0 Å². The van der Waals surface area contributed by atoms with Gasteiger partial charge in [-0.1, -0.05) is 0 Å². The van der Waals surface area contributed by atoms with E-state index >= 15 is 0 Å². The van der Waals surface area contributed by atoms with Gasteiger partial charge in [-0.25, -0.2) is 14.5 Å². The molecule has 76 valence electrons. The normalized spacial score (nSPS) is 10.2. The van der Waals surface area contributed by atoms with Crippen LogP contribution in [0.5, 0.6) is 0 Å². The van der Waals surface area contributed by atoms with Crippen LogP contribution in [-0.2, 0) is 7.05 Å². The molecular formula is C9H8N4O2. The summed E-state index contributed by atoms with van der Waals surface area (Å²) >= 11 is 0. The molecule has 0 aliphatic heterocycles. The summed E-state index contributed by atoms with van der Waals surface area (Å²) in [6, 6.07) is 1.51. The Bertz CT molecular complexity index is 506.